The second-order valence-corrected chi connectivity index (χ2v) is 4.54. The molecule has 86 valence electrons. The van der Waals surface area contributed by atoms with E-state index in [1.807, 2.05) is 0 Å². The number of piperidine rings is 1. The predicted octanol–water partition coefficient (Wildman–Crippen LogP) is 0.253. The molecular formula is C11H22N4. The molecule has 1 aliphatic heterocycles. The van der Waals surface area contributed by atoms with Gasteiger partial charge in [-0.2, -0.15) is 5.26 Å². The summed E-state index contributed by atoms with van der Waals surface area (Å²) >= 11 is 0. The largest absolute Gasteiger partial charge is 0.316 e. The van der Waals surface area contributed by atoms with Gasteiger partial charge in [-0.15, -0.1) is 0 Å². The van der Waals surface area contributed by atoms with E-state index in [2.05, 4.69) is 30.0 Å². The summed E-state index contributed by atoms with van der Waals surface area (Å²) in [6, 6.07) is 2.44. The first kappa shape index (κ1) is 12.4. The molecule has 0 aliphatic carbocycles. The molecule has 1 heterocycles. The number of rotatable bonds is 4. The van der Waals surface area contributed by atoms with E-state index in [9.17, 15) is 0 Å². The summed E-state index contributed by atoms with van der Waals surface area (Å²) in [5.41, 5.74) is 5.58. The smallest absolute Gasteiger partial charge is 0.0940 e. The minimum Gasteiger partial charge on any atom is -0.316 e. The highest BCUT2D eigenvalue weighted by Crippen LogP contribution is 2.14. The Morgan fingerprint density at radius 1 is 1.53 bits per heavy atom. The Kier molecular flexibility index (Phi) is 5.03. The zero-order valence-electron chi connectivity index (χ0n) is 9.82. The number of nitriles is 1. The van der Waals surface area contributed by atoms with E-state index < -0.39 is 0 Å². The Hall–Kier alpha value is -0.630. The normalized spacial score (nSPS) is 21.5. The lowest BCUT2D eigenvalue weighted by atomic mass is 10.0. The summed E-state index contributed by atoms with van der Waals surface area (Å²) in [6.07, 6.45) is 3.24. The van der Waals surface area contributed by atoms with Crippen LogP contribution in [0.4, 0.5) is 0 Å². The first-order chi connectivity index (χ1) is 7.13. The molecule has 0 aromatic carbocycles. The van der Waals surface area contributed by atoms with Gasteiger partial charge in [-0.05, 0) is 46.4 Å². The second-order valence-electron chi connectivity index (χ2n) is 4.54. The average Bonchev–Trinajstić information content (AvgIpc) is 2.26. The Bertz CT molecular complexity index is 215. The first-order valence-electron chi connectivity index (χ1n) is 5.67. The SMILES string of the molecule is CN1CCC(N(C)CCC(N)C#N)CC1. The lowest BCUT2D eigenvalue weighted by Crippen LogP contribution is -2.43. The molecule has 1 unspecified atom stereocenters. The number of hydrogen-bond acceptors (Lipinski definition) is 4. The molecule has 0 saturated carbocycles. The van der Waals surface area contributed by atoms with Gasteiger partial charge >= 0.3 is 0 Å². The highest BCUT2D eigenvalue weighted by atomic mass is 15.2. The number of hydrogen-bond donors (Lipinski definition) is 1. The van der Waals surface area contributed by atoms with Crippen molar-refractivity contribution in [1.82, 2.24) is 9.80 Å². The van der Waals surface area contributed by atoms with Crippen LogP contribution in [-0.4, -0.2) is 55.6 Å². The standard InChI is InChI=1S/C11H22N4/c1-14-6-4-11(5-7-14)15(2)8-3-10(13)9-12/h10-11H,3-8,13H2,1-2H3. The van der Waals surface area contributed by atoms with E-state index >= 15 is 0 Å². The van der Waals surface area contributed by atoms with E-state index in [0.717, 1.165) is 13.0 Å². The lowest BCUT2D eigenvalue weighted by molar-refractivity contribution is 0.143. The van der Waals surface area contributed by atoms with Crippen molar-refractivity contribution < 1.29 is 0 Å². The van der Waals surface area contributed by atoms with Crippen molar-refractivity contribution in [2.45, 2.75) is 31.3 Å². The summed E-state index contributed by atoms with van der Waals surface area (Å²) in [5, 5.41) is 8.59. The molecule has 1 rings (SSSR count). The maximum Gasteiger partial charge on any atom is 0.0940 e. The van der Waals surface area contributed by atoms with Crippen LogP contribution in [0.5, 0.6) is 0 Å². The van der Waals surface area contributed by atoms with Gasteiger partial charge in [-0.1, -0.05) is 0 Å². The average molecular weight is 210 g/mol. The Balaban J connectivity index is 2.22. The predicted molar refractivity (Wildman–Crippen MR) is 61.4 cm³/mol. The molecule has 0 radical (unpaired) electrons. The Labute approximate surface area is 92.6 Å². The van der Waals surface area contributed by atoms with Crippen LogP contribution in [0, 0.1) is 11.3 Å². The van der Waals surface area contributed by atoms with Gasteiger partial charge in [-0.3, -0.25) is 0 Å². The van der Waals surface area contributed by atoms with Crippen LogP contribution in [0.15, 0.2) is 0 Å². The molecule has 1 fully saturated rings. The molecule has 0 amide bonds. The molecule has 1 aliphatic rings. The number of likely N-dealkylation sites (tertiary alicyclic amines) is 1. The summed E-state index contributed by atoms with van der Waals surface area (Å²) in [5.74, 6) is 0. The number of nitrogens with zero attached hydrogens (tertiary/aromatic N) is 3. The molecule has 0 spiro atoms. The van der Waals surface area contributed by atoms with Gasteiger partial charge in [0.25, 0.3) is 0 Å². The van der Waals surface area contributed by atoms with E-state index in [4.69, 9.17) is 11.0 Å². The Morgan fingerprint density at radius 3 is 2.67 bits per heavy atom. The van der Waals surface area contributed by atoms with Crippen molar-refractivity contribution in [2.24, 2.45) is 5.73 Å². The second kappa shape index (κ2) is 6.06. The minimum atomic E-state index is -0.307. The zero-order valence-corrected chi connectivity index (χ0v) is 9.82. The fraction of sp³-hybridized carbons (Fsp3) is 0.909. The van der Waals surface area contributed by atoms with Crippen molar-refractivity contribution in [1.29, 1.82) is 5.26 Å². The molecule has 4 heteroatoms. The third-order valence-corrected chi connectivity index (χ3v) is 3.27. The van der Waals surface area contributed by atoms with Gasteiger partial charge in [0.15, 0.2) is 0 Å². The van der Waals surface area contributed by atoms with Crippen molar-refractivity contribution in [3.63, 3.8) is 0 Å². The van der Waals surface area contributed by atoms with E-state index in [1.165, 1.54) is 25.9 Å². The molecule has 0 bridgehead atoms. The zero-order chi connectivity index (χ0) is 11.3. The van der Waals surface area contributed by atoms with Crippen molar-refractivity contribution in [3.05, 3.63) is 0 Å². The molecule has 0 aromatic heterocycles. The molecule has 1 saturated heterocycles. The lowest BCUT2D eigenvalue weighted by Gasteiger charge is -2.35. The fourth-order valence-electron chi connectivity index (χ4n) is 2.03. The van der Waals surface area contributed by atoms with Crippen molar-refractivity contribution >= 4 is 0 Å². The minimum absolute atomic E-state index is 0.307. The highest BCUT2D eigenvalue weighted by Gasteiger charge is 2.20. The van der Waals surface area contributed by atoms with Gasteiger partial charge in [-0.25, -0.2) is 0 Å². The molecule has 1 atom stereocenters. The fourth-order valence-corrected chi connectivity index (χ4v) is 2.03. The maximum absolute atomic E-state index is 8.59. The van der Waals surface area contributed by atoms with Crippen LogP contribution in [-0.2, 0) is 0 Å². The van der Waals surface area contributed by atoms with Gasteiger partial charge in [0.05, 0.1) is 12.1 Å². The van der Waals surface area contributed by atoms with Gasteiger partial charge in [0, 0.05) is 12.6 Å². The summed E-state index contributed by atoms with van der Waals surface area (Å²) in [4.78, 5) is 4.72. The van der Waals surface area contributed by atoms with Gasteiger partial charge < -0.3 is 15.5 Å². The molecule has 4 nitrogen and oxygen atoms in total. The topological polar surface area (TPSA) is 56.3 Å². The van der Waals surface area contributed by atoms with Crippen LogP contribution in [0.3, 0.4) is 0 Å². The van der Waals surface area contributed by atoms with Crippen LogP contribution in [0.25, 0.3) is 0 Å². The maximum atomic E-state index is 8.59. The molecule has 15 heavy (non-hydrogen) atoms. The number of nitrogens with two attached hydrogens (primary N) is 1. The van der Waals surface area contributed by atoms with Crippen molar-refractivity contribution in [2.75, 3.05) is 33.7 Å². The van der Waals surface area contributed by atoms with E-state index in [0.29, 0.717) is 6.04 Å². The third kappa shape index (κ3) is 4.17. The third-order valence-electron chi connectivity index (χ3n) is 3.27. The van der Waals surface area contributed by atoms with Crippen molar-refractivity contribution in [3.8, 4) is 6.07 Å². The summed E-state index contributed by atoms with van der Waals surface area (Å²) in [7, 11) is 4.31. The van der Waals surface area contributed by atoms with E-state index in [1.54, 1.807) is 0 Å². The van der Waals surface area contributed by atoms with Crippen LogP contribution in [0.1, 0.15) is 19.3 Å². The summed E-state index contributed by atoms with van der Waals surface area (Å²) < 4.78 is 0. The van der Waals surface area contributed by atoms with Gasteiger partial charge in [0.2, 0.25) is 0 Å². The molecule has 0 aromatic rings. The van der Waals surface area contributed by atoms with Crippen LogP contribution < -0.4 is 5.73 Å². The van der Waals surface area contributed by atoms with Gasteiger partial charge in [0.1, 0.15) is 0 Å². The van der Waals surface area contributed by atoms with E-state index in [-0.39, 0.29) is 6.04 Å². The summed E-state index contributed by atoms with van der Waals surface area (Å²) in [6.45, 7) is 3.29. The van der Waals surface area contributed by atoms with Crippen LogP contribution >= 0.6 is 0 Å². The van der Waals surface area contributed by atoms with Crippen LogP contribution in [0.2, 0.25) is 0 Å². The first-order valence-corrected chi connectivity index (χ1v) is 5.67. The quantitative estimate of drug-likeness (QED) is 0.723. The highest BCUT2D eigenvalue weighted by molar-refractivity contribution is 4.87. The molecule has 2 N–H and O–H groups in total. The molecular weight excluding hydrogens is 188 g/mol. The Morgan fingerprint density at radius 2 is 2.13 bits per heavy atom. The monoisotopic (exact) mass is 210 g/mol.